The van der Waals surface area contributed by atoms with E-state index in [1.54, 1.807) is 16.7 Å². The quantitative estimate of drug-likeness (QED) is 0.393. The largest absolute Gasteiger partial charge is 0.350 e. The number of nitrogens with zero attached hydrogens (tertiary/aromatic N) is 2. The van der Waals surface area contributed by atoms with Gasteiger partial charge in [-0.05, 0) is 69.3 Å². The molecule has 1 atom stereocenters. The Morgan fingerprint density at radius 3 is 2.36 bits per heavy atom. The molecule has 0 fully saturated rings. The Labute approximate surface area is 220 Å². The van der Waals surface area contributed by atoms with Gasteiger partial charge in [-0.25, -0.2) is 0 Å². The van der Waals surface area contributed by atoms with Crippen LogP contribution in [-0.2, 0) is 16.1 Å². The van der Waals surface area contributed by atoms with Gasteiger partial charge in [-0.1, -0.05) is 52.3 Å². The number of hydrogen-bond donors (Lipinski definition) is 1. The van der Waals surface area contributed by atoms with Crippen LogP contribution >= 0.6 is 15.9 Å². The summed E-state index contributed by atoms with van der Waals surface area (Å²) < 4.78 is 0.953. The minimum atomic E-state index is -0.633. The van der Waals surface area contributed by atoms with Gasteiger partial charge >= 0.3 is 0 Å². The zero-order valence-corrected chi connectivity index (χ0v) is 22.8. The maximum Gasteiger partial charge on any atom is 0.258 e. The van der Waals surface area contributed by atoms with Crippen LogP contribution in [-0.4, -0.2) is 40.7 Å². The molecule has 0 saturated carbocycles. The molecule has 1 aliphatic heterocycles. The highest BCUT2D eigenvalue weighted by Crippen LogP contribution is 2.37. The van der Waals surface area contributed by atoms with Crippen molar-refractivity contribution in [1.82, 2.24) is 10.2 Å². The van der Waals surface area contributed by atoms with Crippen LogP contribution in [0.5, 0.6) is 0 Å². The minimum Gasteiger partial charge on any atom is -0.350 e. The highest BCUT2D eigenvalue weighted by molar-refractivity contribution is 9.10. The molecule has 36 heavy (non-hydrogen) atoms. The van der Waals surface area contributed by atoms with Crippen molar-refractivity contribution in [3.8, 4) is 0 Å². The third kappa shape index (κ3) is 5.62. The molecule has 0 bridgehead atoms. The third-order valence-corrected chi connectivity index (χ3v) is 6.88. The molecular formula is C29H32BrN3O3. The van der Waals surface area contributed by atoms with Crippen molar-refractivity contribution in [2.45, 2.75) is 58.7 Å². The maximum absolute atomic E-state index is 13.4. The summed E-state index contributed by atoms with van der Waals surface area (Å²) in [5.41, 5.74) is 2.15. The van der Waals surface area contributed by atoms with Crippen molar-refractivity contribution in [2.24, 2.45) is 0 Å². The summed E-state index contributed by atoms with van der Waals surface area (Å²) in [7, 11) is 0. The van der Waals surface area contributed by atoms with Crippen LogP contribution in [0, 0.1) is 0 Å². The second-order valence-electron chi connectivity index (χ2n) is 10.3. The van der Waals surface area contributed by atoms with Crippen LogP contribution in [0.3, 0.4) is 0 Å². The number of halogens is 1. The molecule has 1 aliphatic rings. The molecule has 188 valence electrons. The molecule has 0 spiro atoms. The summed E-state index contributed by atoms with van der Waals surface area (Å²) in [5.74, 6) is -0.333. The predicted octanol–water partition coefficient (Wildman–Crippen LogP) is 5.67. The van der Waals surface area contributed by atoms with Gasteiger partial charge in [-0.3, -0.25) is 14.4 Å². The fraction of sp³-hybridized carbons (Fsp3) is 0.345. The summed E-state index contributed by atoms with van der Waals surface area (Å²) in [5, 5.41) is 4.99. The van der Waals surface area contributed by atoms with Gasteiger partial charge in [-0.2, -0.15) is 0 Å². The van der Waals surface area contributed by atoms with E-state index in [1.165, 1.54) is 0 Å². The molecule has 3 aromatic rings. The van der Waals surface area contributed by atoms with E-state index < -0.39 is 11.6 Å². The van der Waals surface area contributed by atoms with Crippen LogP contribution in [0.25, 0.3) is 10.8 Å². The van der Waals surface area contributed by atoms with E-state index >= 15 is 0 Å². The predicted molar refractivity (Wildman–Crippen MR) is 147 cm³/mol. The highest BCUT2D eigenvalue weighted by atomic mass is 79.9. The molecule has 0 saturated heterocycles. The molecule has 4 rings (SSSR count). The lowest BCUT2D eigenvalue weighted by Gasteiger charge is -2.31. The summed E-state index contributed by atoms with van der Waals surface area (Å²) in [6.45, 7) is 8.29. The Kier molecular flexibility index (Phi) is 7.50. The zero-order valence-electron chi connectivity index (χ0n) is 21.2. The normalized spacial score (nSPS) is 13.7. The van der Waals surface area contributed by atoms with E-state index in [2.05, 4.69) is 21.2 Å². The average Bonchev–Trinajstić information content (AvgIpc) is 3.10. The van der Waals surface area contributed by atoms with Crippen molar-refractivity contribution in [3.63, 3.8) is 0 Å². The average molecular weight is 550 g/mol. The number of nitrogens with one attached hydrogen (secondary N) is 1. The third-order valence-electron chi connectivity index (χ3n) is 6.35. The molecule has 1 heterocycles. The van der Waals surface area contributed by atoms with Crippen LogP contribution < -0.4 is 10.2 Å². The molecule has 1 N–H and O–H groups in total. The van der Waals surface area contributed by atoms with Gasteiger partial charge in [0.25, 0.3) is 5.91 Å². The van der Waals surface area contributed by atoms with E-state index in [0.717, 1.165) is 26.5 Å². The van der Waals surface area contributed by atoms with Crippen LogP contribution in [0.1, 0.15) is 56.5 Å². The number of carbonyl (C=O) groups excluding carboxylic acids is 3. The minimum absolute atomic E-state index is 0.0288. The molecule has 0 aliphatic carbocycles. The number of benzene rings is 3. The first-order valence-electron chi connectivity index (χ1n) is 12.2. The van der Waals surface area contributed by atoms with E-state index in [0.29, 0.717) is 25.1 Å². The van der Waals surface area contributed by atoms with Gasteiger partial charge < -0.3 is 15.1 Å². The fourth-order valence-electron chi connectivity index (χ4n) is 4.58. The van der Waals surface area contributed by atoms with Gasteiger partial charge in [0.15, 0.2) is 0 Å². The number of rotatable bonds is 8. The Morgan fingerprint density at radius 1 is 1.03 bits per heavy atom. The second kappa shape index (κ2) is 10.4. The van der Waals surface area contributed by atoms with Crippen LogP contribution in [0.4, 0.5) is 5.69 Å². The van der Waals surface area contributed by atoms with Crippen molar-refractivity contribution >= 4 is 50.1 Å². The lowest BCUT2D eigenvalue weighted by atomic mass is 10.1. The zero-order chi connectivity index (χ0) is 26.0. The van der Waals surface area contributed by atoms with Crippen LogP contribution in [0.15, 0.2) is 65.1 Å². The first-order valence-corrected chi connectivity index (χ1v) is 13.0. The maximum atomic E-state index is 13.4. The molecule has 7 heteroatoms. The van der Waals surface area contributed by atoms with Crippen LogP contribution in [0.2, 0.25) is 0 Å². The number of carbonyl (C=O) groups is 3. The number of anilines is 1. The summed E-state index contributed by atoms with van der Waals surface area (Å²) in [6.07, 6.45) is 0.735. The molecule has 6 nitrogen and oxygen atoms in total. The summed E-state index contributed by atoms with van der Waals surface area (Å²) in [6, 6.07) is 18.8. The molecular weight excluding hydrogens is 518 g/mol. The molecule has 3 aromatic carbocycles. The van der Waals surface area contributed by atoms with Crippen molar-refractivity contribution in [3.05, 3.63) is 76.3 Å². The van der Waals surface area contributed by atoms with E-state index in [1.807, 2.05) is 81.4 Å². The van der Waals surface area contributed by atoms with Gasteiger partial charge in [0.05, 0.1) is 5.69 Å². The first-order chi connectivity index (χ1) is 17.0. The van der Waals surface area contributed by atoms with Gasteiger partial charge in [0.2, 0.25) is 11.8 Å². The lowest BCUT2D eigenvalue weighted by molar-refractivity contribution is -0.141. The molecule has 3 amide bonds. The smallest absolute Gasteiger partial charge is 0.258 e. The van der Waals surface area contributed by atoms with Gasteiger partial charge in [0.1, 0.15) is 6.04 Å². The number of amides is 3. The van der Waals surface area contributed by atoms with E-state index in [4.69, 9.17) is 0 Å². The highest BCUT2D eigenvalue weighted by Gasteiger charge is 2.31. The van der Waals surface area contributed by atoms with E-state index in [-0.39, 0.29) is 24.1 Å². The van der Waals surface area contributed by atoms with Crippen molar-refractivity contribution in [2.75, 3.05) is 11.4 Å². The Morgan fingerprint density at radius 2 is 1.69 bits per heavy atom. The standard InChI is InChI=1S/C29H32BrN3O3/c1-19(27(35)31-29(2,3)4)33(18-20-13-15-22(30)16-14-20)25(34)12-7-17-32-24-11-6-9-21-8-5-10-23(26(21)24)28(32)36/h5-6,8-11,13-16,19H,7,12,17-18H2,1-4H3,(H,31,35). The van der Waals surface area contributed by atoms with Crippen molar-refractivity contribution in [1.29, 1.82) is 0 Å². The monoisotopic (exact) mass is 549 g/mol. The topological polar surface area (TPSA) is 69.7 Å². The molecule has 0 aromatic heterocycles. The molecule has 1 unspecified atom stereocenters. The van der Waals surface area contributed by atoms with Gasteiger partial charge in [-0.15, -0.1) is 0 Å². The summed E-state index contributed by atoms with van der Waals surface area (Å²) in [4.78, 5) is 42.8. The summed E-state index contributed by atoms with van der Waals surface area (Å²) >= 11 is 3.44. The Hall–Kier alpha value is -3.19. The Balaban J connectivity index is 1.47. The van der Waals surface area contributed by atoms with Crippen molar-refractivity contribution < 1.29 is 14.4 Å². The Bertz CT molecular complexity index is 1290. The fourth-order valence-corrected chi connectivity index (χ4v) is 4.84. The van der Waals surface area contributed by atoms with E-state index in [9.17, 15) is 14.4 Å². The van der Waals surface area contributed by atoms with Gasteiger partial charge in [0, 0.05) is 40.5 Å². The second-order valence-corrected chi connectivity index (χ2v) is 11.2. The number of hydrogen-bond acceptors (Lipinski definition) is 3. The first kappa shape index (κ1) is 25.9. The lowest BCUT2D eigenvalue weighted by Crippen LogP contribution is -2.52. The SMILES string of the molecule is CC(C(=O)NC(C)(C)C)N(Cc1ccc(Br)cc1)C(=O)CCCN1C(=O)c2cccc3cccc1c23. The molecule has 0 radical (unpaired) electrons.